The highest BCUT2D eigenvalue weighted by Crippen LogP contribution is 2.33. The molecule has 0 amide bonds. The van der Waals surface area contributed by atoms with Crippen molar-refractivity contribution < 1.29 is 5.73 Å². The van der Waals surface area contributed by atoms with Crippen molar-refractivity contribution in [1.29, 1.82) is 0 Å². The second kappa shape index (κ2) is 1.48. The molecule has 1 aliphatic rings. The Balaban J connectivity index is 2.13. The van der Waals surface area contributed by atoms with Crippen LogP contribution in [0.4, 0.5) is 0 Å². The summed E-state index contributed by atoms with van der Waals surface area (Å²) in [4.78, 5) is 0. The van der Waals surface area contributed by atoms with E-state index in [1.165, 1.54) is 25.7 Å². The van der Waals surface area contributed by atoms with Gasteiger partial charge in [-0.25, -0.2) is 0 Å². The normalized spacial score (nSPS) is 24.9. The highest BCUT2D eigenvalue weighted by atomic mass is 14.8. The smallest absolute Gasteiger partial charge is 0.0950 e. The van der Waals surface area contributed by atoms with Gasteiger partial charge in [0.05, 0.1) is 5.54 Å². The quantitative estimate of drug-likeness (QED) is 0.525. The number of hydrogen-bond acceptors (Lipinski definition) is 0. The summed E-state index contributed by atoms with van der Waals surface area (Å²) in [6.07, 6.45) is 5.40. The molecular weight excluding hydrogens is 86.1 g/mol. The van der Waals surface area contributed by atoms with E-state index in [1.807, 2.05) is 0 Å². The van der Waals surface area contributed by atoms with E-state index in [0.717, 1.165) is 0 Å². The average Bonchev–Trinajstić information content (AvgIpc) is 2.22. The van der Waals surface area contributed by atoms with E-state index in [-0.39, 0.29) is 0 Å². The molecule has 0 atom stereocenters. The molecule has 0 unspecified atom stereocenters. The molecule has 0 bridgehead atoms. The molecule has 3 N–H and O–H groups in total. The van der Waals surface area contributed by atoms with Crippen molar-refractivity contribution in [1.82, 2.24) is 0 Å². The monoisotopic (exact) mass is 100 g/mol. The fraction of sp³-hybridized carbons (Fsp3) is 1.00. The van der Waals surface area contributed by atoms with Gasteiger partial charge in [0, 0.05) is 19.3 Å². The predicted octanol–water partition coefficient (Wildman–Crippen LogP) is 0.561. The molecule has 0 aliphatic heterocycles. The van der Waals surface area contributed by atoms with Gasteiger partial charge in [0.25, 0.3) is 0 Å². The Labute approximate surface area is 44.9 Å². The van der Waals surface area contributed by atoms with Gasteiger partial charge < -0.3 is 5.73 Å². The van der Waals surface area contributed by atoms with Gasteiger partial charge in [0.2, 0.25) is 0 Å². The maximum absolute atomic E-state index is 4.07. The number of quaternary nitrogens is 1. The Morgan fingerprint density at radius 2 is 2.14 bits per heavy atom. The molecule has 0 saturated heterocycles. The predicted molar refractivity (Wildman–Crippen MR) is 29.8 cm³/mol. The van der Waals surface area contributed by atoms with Crippen molar-refractivity contribution in [3.05, 3.63) is 0 Å². The first-order chi connectivity index (χ1) is 3.27. The van der Waals surface area contributed by atoms with Gasteiger partial charge >= 0.3 is 0 Å². The fourth-order valence-electron chi connectivity index (χ4n) is 0.957. The molecule has 0 aromatic heterocycles. The minimum absolute atomic E-state index is 0.550. The highest BCUT2D eigenvalue weighted by Gasteiger charge is 2.41. The summed E-state index contributed by atoms with van der Waals surface area (Å²) in [5, 5.41) is 0. The summed E-state index contributed by atoms with van der Waals surface area (Å²) < 4.78 is 0. The first kappa shape index (κ1) is 5.10. The Morgan fingerprint density at radius 1 is 1.57 bits per heavy atom. The van der Waals surface area contributed by atoms with E-state index in [4.69, 9.17) is 0 Å². The Kier molecular flexibility index (Phi) is 1.08. The van der Waals surface area contributed by atoms with E-state index in [2.05, 4.69) is 12.7 Å². The molecule has 1 saturated carbocycles. The van der Waals surface area contributed by atoms with E-state index >= 15 is 0 Å². The van der Waals surface area contributed by atoms with E-state index in [0.29, 0.717) is 5.54 Å². The summed E-state index contributed by atoms with van der Waals surface area (Å²) in [5.74, 6) is 0. The van der Waals surface area contributed by atoms with Crippen LogP contribution in [0.2, 0.25) is 0 Å². The lowest BCUT2D eigenvalue weighted by Crippen LogP contribution is -2.63. The number of rotatable bonds is 2. The molecule has 1 rings (SSSR count). The van der Waals surface area contributed by atoms with Crippen molar-refractivity contribution in [2.75, 3.05) is 0 Å². The van der Waals surface area contributed by atoms with Gasteiger partial charge in [-0.05, 0) is 0 Å². The largest absolute Gasteiger partial charge is 0.353 e. The summed E-state index contributed by atoms with van der Waals surface area (Å²) in [5.41, 5.74) is 4.62. The SMILES string of the molecule is CCCC1([NH3+])CC1. The van der Waals surface area contributed by atoms with Gasteiger partial charge in [-0.3, -0.25) is 0 Å². The summed E-state index contributed by atoms with van der Waals surface area (Å²) in [7, 11) is 0. The van der Waals surface area contributed by atoms with Crippen LogP contribution < -0.4 is 5.73 Å². The van der Waals surface area contributed by atoms with Crippen LogP contribution in [0, 0.1) is 0 Å². The second-order valence-electron chi connectivity index (χ2n) is 2.75. The van der Waals surface area contributed by atoms with E-state index in [1.54, 1.807) is 0 Å². The molecule has 0 spiro atoms. The molecule has 1 heteroatoms. The van der Waals surface area contributed by atoms with Crippen molar-refractivity contribution in [3.8, 4) is 0 Å². The van der Waals surface area contributed by atoms with Crippen LogP contribution in [0.15, 0.2) is 0 Å². The summed E-state index contributed by atoms with van der Waals surface area (Å²) in [6.45, 7) is 2.23. The fourth-order valence-corrected chi connectivity index (χ4v) is 0.957. The zero-order chi connectivity index (χ0) is 5.33. The van der Waals surface area contributed by atoms with E-state index < -0.39 is 0 Å². The van der Waals surface area contributed by atoms with Crippen molar-refractivity contribution in [2.24, 2.45) is 0 Å². The maximum Gasteiger partial charge on any atom is 0.0950 e. The lowest BCUT2D eigenvalue weighted by molar-refractivity contribution is -0.439. The molecular formula is C6H14N+. The lowest BCUT2D eigenvalue weighted by Gasteiger charge is -1.98. The molecule has 7 heavy (non-hydrogen) atoms. The molecule has 1 fully saturated rings. The van der Waals surface area contributed by atoms with Gasteiger partial charge in [-0.2, -0.15) is 0 Å². The van der Waals surface area contributed by atoms with Crippen LogP contribution >= 0.6 is 0 Å². The van der Waals surface area contributed by atoms with Crippen LogP contribution in [-0.4, -0.2) is 5.54 Å². The van der Waals surface area contributed by atoms with E-state index in [9.17, 15) is 0 Å². The molecule has 1 aliphatic carbocycles. The third-order valence-electron chi connectivity index (χ3n) is 1.74. The van der Waals surface area contributed by atoms with Gasteiger partial charge in [0.1, 0.15) is 0 Å². The summed E-state index contributed by atoms with van der Waals surface area (Å²) in [6, 6.07) is 0. The Hall–Kier alpha value is -0.0400. The standard InChI is InChI=1S/C6H13N/c1-2-3-6(7)4-5-6/h2-5,7H2,1H3/p+1. The topological polar surface area (TPSA) is 27.6 Å². The van der Waals surface area contributed by atoms with Gasteiger partial charge in [0.15, 0.2) is 0 Å². The number of hydrogen-bond donors (Lipinski definition) is 1. The molecule has 42 valence electrons. The van der Waals surface area contributed by atoms with Crippen LogP contribution in [0.25, 0.3) is 0 Å². The third-order valence-corrected chi connectivity index (χ3v) is 1.74. The summed E-state index contributed by atoms with van der Waals surface area (Å²) >= 11 is 0. The van der Waals surface area contributed by atoms with Crippen LogP contribution in [-0.2, 0) is 0 Å². The van der Waals surface area contributed by atoms with Crippen LogP contribution in [0.1, 0.15) is 32.6 Å². The molecule has 0 radical (unpaired) electrons. The third kappa shape index (κ3) is 1.16. The van der Waals surface area contributed by atoms with Crippen molar-refractivity contribution in [3.63, 3.8) is 0 Å². The minimum Gasteiger partial charge on any atom is -0.353 e. The van der Waals surface area contributed by atoms with Crippen molar-refractivity contribution in [2.45, 2.75) is 38.1 Å². The molecule has 1 nitrogen and oxygen atoms in total. The minimum atomic E-state index is 0.550. The highest BCUT2D eigenvalue weighted by molar-refractivity contribution is 4.90. The zero-order valence-electron chi connectivity index (χ0n) is 5.04. The molecule has 0 aromatic rings. The second-order valence-corrected chi connectivity index (χ2v) is 2.75. The lowest BCUT2D eigenvalue weighted by atomic mass is 10.2. The maximum atomic E-state index is 4.07. The first-order valence-corrected chi connectivity index (χ1v) is 3.12. The van der Waals surface area contributed by atoms with Crippen LogP contribution in [0.3, 0.4) is 0 Å². The van der Waals surface area contributed by atoms with Gasteiger partial charge in [-0.1, -0.05) is 13.3 Å². The average molecular weight is 100 g/mol. The molecule has 0 heterocycles. The Bertz CT molecular complexity index is 64.6. The van der Waals surface area contributed by atoms with Crippen LogP contribution in [0.5, 0.6) is 0 Å². The van der Waals surface area contributed by atoms with Crippen molar-refractivity contribution >= 4 is 0 Å². The Morgan fingerprint density at radius 3 is 2.29 bits per heavy atom. The first-order valence-electron chi connectivity index (χ1n) is 3.12. The molecule has 0 aromatic carbocycles. The van der Waals surface area contributed by atoms with Gasteiger partial charge in [-0.15, -0.1) is 0 Å². The zero-order valence-corrected chi connectivity index (χ0v) is 5.04.